The van der Waals surface area contributed by atoms with Crippen LogP contribution >= 0.6 is 11.6 Å². The van der Waals surface area contributed by atoms with Crippen LogP contribution in [0.25, 0.3) is 0 Å². The lowest BCUT2D eigenvalue weighted by atomic mass is 10.1. The number of nitrogens with one attached hydrogen (secondary N) is 1. The van der Waals surface area contributed by atoms with Crippen LogP contribution in [0, 0.1) is 0 Å². The Morgan fingerprint density at radius 2 is 2.00 bits per heavy atom. The van der Waals surface area contributed by atoms with Gasteiger partial charge in [-0.05, 0) is 36.2 Å². The van der Waals surface area contributed by atoms with E-state index in [0.29, 0.717) is 17.3 Å². The number of sulfone groups is 1. The van der Waals surface area contributed by atoms with Crippen molar-refractivity contribution in [2.45, 2.75) is 18.9 Å². The lowest BCUT2D eigenvalue weighted by molar-refractivity contribution is -0.115. The number of carbonyl (C=O) groups excluding carboxylic acids is 1. The maximum absolute atomic E-state index is 12.1. The molecule has 26 heavy (non-hydrogen) atoms. The topological polar surface area (TPSA) is 79.4 Å². The van der Waals surface area contributed by atoms with Crippen LogP contribution in [-0.2, 0) is 21.1 Å². The van der Waals surface area contributed by atoms with Crippen LogP contribution in [0.3, 0.4) is 0 Å². The summed E-state index contributed by atoms with van der Waals surface area (Å²) >= 11 is 5.83. The molecule has 2 aromatic rings. The molecule has 8 heteroatoms. The molecular weight excluding hydrogens is 374 g/mol. The Bertz CT molecular complexity index is 883. The second kappa shape index (κ2) is 7.63. The van der Waals surface area contributed by atoms with Crippen LogP contribution in [0.4, 0.5) is 11.5 Å². The lowest BCUT2D eigenvalue weighted by Crippen LogP contribution is -2.32. The number of carbonyl (C=O) groups is 1. The van der Waals surface area contributed by atoms with Gasteiger partial charge in [-0.25, -0.2) is 13.4 Å². The van der Waals surface area contributed by atoms with Gasteiger partial charge in [0.1, 0.15) is 5.82 Å². The smallest absolute Gasteiger partial charge is 0.229 e. The number of hydrogen-bond acceptors (Lipinski definition) is 5. The van der Waals surface area contributed by atoms with Gasteiger partial charge >= 0.3 is 0 Å². The standard InChI is InChI=1S/C18H20ClN3O3S/c1-22(16-8-9-26(24,25)12-16)15-6-7-17(20-11-15)21-18(23)10-13-2-4-14(19)5-3-13/h2-7,11,16H,8-10,12H2,1H3,(H,20,21,23). The van der Waals surface area contributed by atoms with Crippen LogP contribution in [0.2, 0.25) is 5.02 Å². The van der Waals surface area contributed by atoms with Gasteiger partial charge in [-0.15, -0.1) is 0 Å². The minimum absolute atomic E-state index is 0.0351. The van der Waals surface area contributed by atoms with Gasteiger partial charge in [-0.2, -0.15) is 0 Å². The fraction of sp³-hybridized carbons (Fsp3) is 0.333. The Labute approximate surface area is 158 Å². The van der Waals surface area contributed by atoms with Gasteiger partial charge in [0, 0.05) is 18.1 Å². The first-order chi connectivity index (χ1) is 12.3. The SMILES string of the molecule is CN(c1ccc(NC(=O)Cc2ccc(Cl)cc2)nc1)C1CCS(=O)(=O)C1. The molecule has 1 unspecified atom stereocenters. The highest BCUT2D eigenvalue weighted by Gasteiger charge is 2.30. The largest absolute Gasteiger partial charge is 0.369 e. The van der Waals surface area contributed by atoms with Gasteiger partial charge in [0.2, 0.25) is 5.91 Å². The Morgan fingerprint density at radius 1 is 1.27 bits per heavy atom. The Morgan fingerprint density at radius 3 is 2.58 bits per heavy atom. The van der Waals surface area contributed by atoms with E-state index in [0.717, 1.165) is 11.3 Å². The second-order valence-electron chi connectivity index (χ2n) is 6.42. The predicted molar refractivity (Wildman–Crippen MR) is 103 cm³/mol. The molecule has 6 nitrogen and oxygen atoms in total. The molecule has 1 amide bonds. The molecule has 0 aliphatic carbocycles. The third kappa shape index (κ3) is 4.74. The average molecular weight is 394 g/mol. The van der Waals surface area contributed by atoms with Crippen LogP contribution < -0.4 is 10.2 Å². The molecule has 0 radical (unpaired) electrons. The van der Waals surface area contributed by atoms with E-state index in [4.69, 9.17) is 11.6 Å². The number of pyridine rings is 1. The fourth-order valence-corrected chi connectivity index (χ4v) is 4.84. The molecule has 1 aromatic heterocycles. The quantitative estimate of drug-likeness (QED) is 0.844. The van der Waals surface area contributed by atoms with E-state index in [9.17, 15) is 13.2 Å². The van der Waals surface area contributed by atoms with Crippen molar-refractivity contribution in [3.63, 3.8) is 0 Å². The van der Waals surface area contributed by atoms with Crippen LogP contribution in [0.5, 0.6) is 0 Å². The zero-order valence-electron chi connectivity index (χ0n) is 14.4. The molecule has 0 spiro atoms. The monoisotopic (exact) mass is 393 g/mol. The first kappa shape index (κ1) is 18.7. The van der Waals surface area contributed by atoms with E-state index >= 15 is 0 Å². The summed E-state index contributed by atoms with van der Waals surface area (Å²) in [6.07, 6.45) is 2.50. The Kier molecular flexibility index (Phi) is 5.48. The molecular formula is C18H20ClN3O3S. The number of halogens is 1. The van der Waals surface area contributed by atoms with E-state index in [1.165, 1.54) is 0 Å². The number of nitrogens with zero attached hydrogens (tertiary/aromatic N) is 2. The molecule has 2 heterocycles. The van der Waals surface area contributed by atoms with Gasteiger partial charge < -0.3 is 10.2 Å². The van der Waals surface area contributed by atoms with Crippen molar-refractivity contribution in [3.05, 3.63) is 53.2 Å². The van der Waals surface area contributed by atoms with Crippen molar-refractivity contribution < 1.29 is 13.2 Å². The lowest BCUT2D eigenvalue weighted by Gasteiger charge is -2.25. The van der Waals surface area contributed by atoms with E-state index in [-0.39, 0.29) is 29.9 Å². The van der Waals surface area contributed by atoms with Gasteiger partial charge in [0.25, 0.3) is 0 Å². The fourth-order valence-electron chi connectivity index (χ4n) is 2.93. The number of amides is 1. The summed E-state index contributed by atoms with van der Waals surface area (Å²) < 4.78 is 23.2. The summed E-state index contributed by atoms with van der Waals surface area (Å²) in [5.74, 6) is 0.695. The van der Waals surface area contributed by atoms with Crippen molar-refractivity contribution in [2.24, 2.45) is 0 Å². The normalized spacial score (nSPS) is 18.5. The summed E-state index contributed by atoms with van der Waals surface area (Å²) in [6.45, 7) is 0. The van der Waals surface area contributed by atoms with E-state index in [1.807, 2.05) is 30.1 Å². The van der Waals surface area contributed by atoms with Gasteiger partial charge in [-0.1, -0.05) is 23.7 Å². The Hall–Kier alpha value is -2.12. The summed E-state index contributed by atoms with van der Waals surface area (Å²) in [5.41, 5.74) is 1.69. The molecule has 1 N–H and O–H groups in total. The molecule has 1 saturated heterocycles. The number of anilines is 2. The van der Waals surface area contributed by atoms with Gasteiger partial charge in [0.15, 0.2) is 9.84 Å². The molecule has 1 aliphatic heterocycles. The highest BCUT2D eigenvalue weighted by Crippen LogP contribution is 2.23. The first-order valence-electron chi connectivity index (χ1n) is 8.26. The number of aromatic nitrogens is 1. The van der Waals surface area contributed by atoms with Crippen molar-refractivity contribution in [2.75, 3.05) is 28.8 Å². The molecule has 1 atom stereocenters. The third-order valence-corrected chi connectivity index (χ3v) is 6.46. The minimum atomic E-state index is -2.93. The Balaban J connectivity index is 1.58. The summed E-state index contributed by atoms with van der Waals surface area (Å²) in [4.78, 5) is 18.3. The summed E-state index contributed by atoms with van der Waals surface area (Å²) in [5, 5.41) is 3.39. The maximum Gasteiger partial charge on any atom is 0.229 e. The molecule has 0 saturated carbocycles. The minimum Gasteiger partial charge on any atom is -0.369 e. The average Bonchev–Trinajstić information content (AvgIpc) is 2.97. The van der Waals surface area contributed by atoms with Crippen LogP contribution in [0.15, 0.2) is 42.6 Å². The zero-order valence-corrected chi connectivity index (χ0v) is 15.9. The van der Waals surface area contributed by atoms with E-state index in [2.05, 4.69) is 10.3 Å². The van der Waals surface area contributed by atoms with Crippen molar-refractivity contribution in [1.82, 2.24) is 4.98 Å². The highest BCUT2D eigenvalue weighted by molar-refractivity contribution is 7.91. The molecule has 138 valence electrons. The highest BCUT2D eigenvalue weighted by atomic mass is 35.5. The maximum atomic E-state index is 12.1. The summed E-state index contributed by atoms with van der Waals surface area (Å²) in [6, 6.07) is 10.6. The van der Waals surface area contributed by atoms with E-state index in [1.54, 1.807) is 24.4 Å². The van der Waals surface area contributed by atoms with Crippen LogP contribution in [-0.4, -0.2) is 43.9 Å². The zero-order chi connectivity index (χ0) is 18.7. The van der Waals surface area contributed by atoms with Crippen LogP contribution in [0.1, 0.15) is 12.0 Å². The van der Waals surface area contributed by atoms with Crippen molar-refractivity contribution in [1.29, 1.82) is 0 Å². The third-order valence-electron chi connectivity index (χ3n) is 4.46. The number of rotatable bonds is 5. The van der Waals surface area contributed by atoms with Gasteiger partial charge in [0.05, 0.1) is 29.8 Å². The second-order valence-corrected chi connectivity index (χ2v) is 9.09. The molecule has 1 fully saturated rings. The summed E-state index contributed by atoms with van der Waals surface area (Å²) in [7, 11) is -1.07. The predicted octanol–water partition coefficient (Wildman–Crippen LogP) is 2.54. The molecule has 1 aromatic carbocycles. The van der Waals surface area contributed by atoms with E-state index < -0.39 is 9.84 Å². The van der Waals surface area contributed by atoms with Gasteiger partial charge in [-0.3, -0.25) is 4.79 Å². The molecule has 1 aliphatic rings. The molecule has 3 rings (SSSR count). The first-order valence-corrected chi connectivity index (χ1v) is 10.5. The number of hydrogen-bond donors (Lipinski definition) is 1. The van der Waals surface area contributed by atoms with Crippen molar-refractivity contribution in [3.8, 4) is 0 Å². The van der Waals surface area contributed by atoms with Crippen molar-refractivity contribution >= 4 is 38.9 Å². The number of benzene rings is 1. The molecule has 0 bridgehead atoms.